The highest BCUT2D eigenvalue weighted by atomic mass is 35.5. The lowest BCUT2D eigenvalue weighted by Gasteiger charge is -2.38. The molecule has 0 spiro atoms. The maximum atomic E-state index is 14.5. The average molecular weight is 1220 g/mol. The van der Waals surface area contributed by atoms with Crippen molar-refractivity contribution in [2.24, 2.45) is 5.73 Å². The molecular formula is C50H36Cl2F20N4O5. The van der Waals surface area contributed by atoms with Crippen LogP contribution >= 0.6 is 23.2 Å². The topological polar surface area (TPSA) is 159 Å². The van der Waals surface area contributed by atoms with Crippen molar-refractivity contribution in [3.05, 3.63) is 200 Å². The SMILES string of the molecule is N[C@@](Cc1ccccc1)(c1cc(F)cc(C(F)(F)F)c1)c1ccc(Cl)cn1.O=C(CC(O)(C(F)(F)F)C(F)(F)F)N[C@@](Cc1ccccc1)(c1cc(F)cc(C(F)(F)F)c1)c1ccc(Cl)cn1.O=C(O)CC(O)(C(F)(F)F)C(F)(F)F. The van der Waals surface area contributed by atoms with Crippen LogP contribution in [0.1, 0.15) is 57.6 Å². The van der Waals surface area contributed by atoms with Crippen molar-refractivity contribution >= 4 is 35.1 Å². The number of halogens is 22. The number of carbonyl (C=O) groups excluding carboxylic acids is 1. The highest BCUT2D eigenvalue weighted by molar-refractivity contribution is 6.30. The first kappa shape index (κ1) is 66.7. The van der Waals surface area contributed by atoms with Gasteiger partial charge in [-0.15, -0.1) is 0 Å². The van der Waals surface area contributed by atoms with Crippen LogP contribution in [-0.4, -0.2) is 73.1 Å². The van der Waals surface area contributed by atoms with E-state index in [0.717, 1.165) is 36.0 Å². The Labute approximate surface area is 453 Å². The number of nitrogens with two attached hydrogens (primary N) is 1. The van der Waals surface area contributed by atoms with Crippen molar-refractivity contribution < 1.29 is 113 Å². The first-order valence-electron chi connectivity index (χ1n) is 22.0. The van der Waals surface area contributed by atoms with Gasteiger partial charge in [0.2, 0.25) is 5.91 Å². The second kappa shape index (κ2) is 24.7. The van der Waals surface area contributed by atoms with Gasteiger partial charge in [0, 0.05) is 25.2 Å². The zero-order valence-electron chi connectivity index (χ0n) is 40.0. The minimum atomic E-state index is -6.37. The molecule has 2 atom stereocenters. The lowest BCUT2D eigenvalue weighted by atomic mass is 9.79. The van der Waals surface area contributed by atoms with Crippen LogP contribution in [0.25, 0.3) is 0 Å². The van der Waals surface area contributed by atoms with E-state index in [-0.39, 0.29) is 34.3 Å². The number of amides is 1. The van der Waals surface area contributed by atoms with Gasteiger partial charge >= 0.3 is 43.0 Å². The summed E-state index contributed by atoms with van der Waals surface area (Å²) in [6.45, 7) is 0. The molecule has 4 aromatic carbocycles. The number of carboxylic acids is 1. The molecule has 0 saturated heterocycles. The predicted molar refractivity (Wildman–Crippen MR) is 246 cm³/mol. The van der Waals surface area contributed by atoms with Gasteiger partial charge in [-0.05, 0) is 82.9 Å². The van der Waals surface area contributed by atoms with Crippen LogP contribution in [0.5, 0.6) is 0 Å². The van der Waals surface area contributed by atoms with Gasteiger partial charge in [-0.25, -0.2) is 8.78 Å². The third kappa shape index (κ3) is 16.4. The van der Waals surface area contributed by atoms with Crippen LogP contribution in [0.3, 0.4) is 0 Å². The summed E-state index contributed by atoms with van der Waals surface area (Å²) >= 11 is 11.7. The number of aromatic nitrogens is 2. The summed E-state index contributed by atoms with van der Waals surface area (Å²) in [7, 11) is 0. The predicted octanol–water partition coefficient (Wildman–Crippen LogP) is 13.4. The van der Waals surface area contributed by atoms with Crippen molar-refractivity contribution in [1.29, 1.82) is 0 Å². The third-order valence-corrected chi connectivity index (χ3v) is 11.9. The monoisotopic (exact) mass is 1220 g/mol. The summed E-state index contributed by atoms with van der Waals surface area (Å²) in [6, 6.07) is 24.8. The van der Waals surface area contributed by atoms with E-state index in [0.29, 0.717) is 23.2 Å². The molecule has 0 aliphatic carbocycles. The van der Waals surface area contributed by atoms with Crippen LogP contribution in [0.2, 0.25) is 10.0 Å². The van der Waals surface area contributed by atoms with Crippen LogP contribution in [0.4, 0.5) is 87.8 Å². The van der Waals surface area contributed by atoms with Gasteiger partial charge in [-0.3, -0.25) is 19.6 Å². The Balaban J connectivity index is 0.000000295. The molecular weight excluding hydrogens is 1190 g/mol. The first-order chi connectivity index (χ1) is 36.9. The first-order valence-corrected chi connectivity index (χ1v) is 22.8. The molecule has 31 heteroatoms. The van der Waals surface area contributed by atoms with Gasteiger partial charge in [0.1, 0.15) is 17.2 Å². The Morgan fingerprint density at radius 2 is 0.840 bits per heavy atom. The summed E-state index contributed by atoms with van der Waals surface area (Å²) in [5.74, 6) is -6.98. The maximum absolute atomic E-state index is 14.5. The minimum absolute atomic E-state index is 0.0199. The average Bonchev–Trinajstić information content (AvgIpc) is 3.32. The molecule has 6 aromatic rings. The van der Waals surface area contributed by atoms with E-state index >= 15 is 0 Å². The van der Waals surface area contributed by atoms with Crippen LogP contribution in [0, 0.1) is 11.6 Å². The number of hydrogen-bond donors (Lipinski definition) is 5. The Hall–Kier alpha value is -6.82. The number of alkyl halides is 18. The molecule has 0 saturated carbocycles. The fourth-order valence-electron chi connectivity index (χ4n) is 7.42. The van der Waals surface area contributed by atoms with E-state index in [1.54, 1.807) is 30.3 Å². The number of carboxylic acid groups (broad SMARTS) is 1. The van der Waals surface area contributed by atoms with Gasteiger partial charge in [0.05, 0.1) is 50.9 Å². The summed E-state index contributed by atoms with van der Waals surface area (Å²) in [5.41, 5.74) is -10.7. The fourth-order valence-corrected chi connectivity index (χ4v) is 7.64. The lowest BCUT2D eigenvalue weighted by molar-refractivity contribution is -0.368. The Morgan fingerprint density at radius 1 is 0.481 bits per heavy atom. The molecule has 9 nitrogen and oxygen atoms in total. The van der Waals surface area contributed by atoms with Crippen molar-refractivity contribution in [2.75, 3.05) is 0 Å². The Kier molecular flexibility index (Phi) is 20.4. The van der Waals surface area contributed by atoms with Crippen molar-refractivity contribution in [1.82, 2.24) is 15.3 Å². The Bertz CT molecular complexity index is 3060. The highest BCUT2D eigenvalue weighted by Gasteiger charge is 2.72. The molecule has 81 heavy (non-hydrogen) atoms. The second-order valence-corrected chi connectivity index (χ2v) is 18.3. The number of aliphatic carboxylic acids is 1. The van der Waals surface area contributed by atoms with E-state index in [1.807, 2.05) is 11.4 Å². The van der Waals surface area contributed by atoms with E-state index < -0.39 is 124 Å². The number of benzene rings is 4. The van der Waals surface area contributed by atoms with Crippen LogP contribution < -0.4 is 11.1 Å². The molecule has 6 rings (SSSR count). The van der Waals surface area contributed by atoms with Gasteiger partial charge in [0.15, 0.2) is 0 Å². The second-order valence-electron chi connectivity index (χ2n) is 17.4. The van der Waals surface area contributed by atoms with Gasteiger partial charge in [-0.1, -0.05) is 83.9 Å². The quantitative estimate of drug-likeness (QED) is 0.0715. The van der Waals surface area contributed by atoms with Crippen LogP contribution in [-0.2, 0) is 45.9 Å². The lowest BCUT2D eigenvalue weighted by Crippen LogP contribution is -2.60. The van der Waals surface area contributed by atoms with Crippen molar-refractivity contribution in [3.8, 4) is 0 Å². The number of hydrogen-bond acceptors (Lipinski definition) is 7. The molecule has 2 aromatic heterocycles. The number of rotatable bonds is 13. The molecule has 0 bridgehead atoms. The number of nitrogens with zero attached hydrogens (tertiary/aromatic N) is 2. The van der Waals surface area contributed by atoms with Crippen molar-refractivity contribution in [3.63, 3.8) is 0 Å². The molecule has 0 aliphatic heterocycles. The number of pyridine rings is 2. The van der Waals surface area contributed by atoms with E-state index in [4.69, 9.17) is 39.1 Å². The number of nitrogens with one attached hydrogen (secondary N) is 1. The summed E-state index contributed by atoms with van der Waals surface area (Å²) < 4.78 is 259. The zero-order chi connectivity index (χ0) is 61.6. The van der Waals surface area contributed by atoms with Crippen molar-refractivity contribution in [2.45, 2.75) is 85.0 Å². The summed E-state index contributed by atoms with van der Waals surface area (Å²) in [6.07, 6.45) is -38.0. The van der Waals surface area contributed by atoms with E-state index in [1.165, 1.54) is 42.6 Å². The summed E-state index contributed by atoms with van der Waals surface area (Å²) in [5, 5.41) is 27.8. The molecule has 1 amide bonds. The number of carbonyl (C=O) groups is 2. The molecule has 0 unspecified atom stereocenters. The normalized spacial score (nSPS) is 14.3. The minimum Gasteiger partial charge on any atom is -0.481 e. The summed E-state index contributed by atoms with van der Waals surface area (Å²) in [4.78, 5) is 30.8. The maximum Gasteiger partial charge on any atom is 0.426 e. The molecule has 0 aliphatic rings. The fraction of sp³-hybridized carbons (Fsp3) is 0.280. The molecule has 0 radical (unpaired) electrons. The van der Waals surface area contributed by atoms with Gasteiger partial charge < -0.3 is 26.4 Å². The van der Waals surface area contributed by atoms with E-state index in [2.05, 4.69) is 9.97 Å². The molecule has 6 N–H and O–H groups in total. The third-order valence-electron chi connectivity index (χ3n) is 11.5. The number of aliphatic hydroxyl groups is 2. The zero-order valence-corrected chi connectivity index (χ0v) is 41.5. The van der Waals surface area contributed by atoms with E-state index in [9.17, 15) is 103 Å². The Morgan fingerprint density at radius 3 is 1.20 bits per heavy atom. The largest absolute Gasteiger partial charge is 0.481 e. The van der Waals surface area contributed by atoms with Gasteiger partial charge in [0.25, 0.3) is 11.2 Å². The van der Waals surface area contributed by atoms with Gasteiger partial charge in [-0.2, -0.15) is 79.0 Å². The van der Waals surface area contributed by atoms with Crippen LogP contribution in [0.15, 0.2) is 134 Å². The molecule has 440 valence electrons. The standard InChI is InChI=1S/C25H17ClF10N2O2.C20H15ClF4N2.C5H4F6O3/c26-17-6-7-19(37-13-17)21(11-14-4-2-1-3-5-14,15-8-16(23(28,29)30)10-18(27)9-15)38-20(39)12-22(40,24(31,32)33)25(34,35)36;21-16-6-7-18(27-12-16)19(26,11-13-4-2-1-3-5-13)14-8-15(20(23,24)25)10-17(22)9-14;6-4(7,8)3(14,1-2(12)13)5(9,10)11/h1-10,13,40H,11-12H2,(H,38,39);1-10,12H,11,26H2;14H,1H2,(H,12,13)/t21-;19-;/m00./s1. The highest BCUT2D eigenvalue weighted by Crippen LogP contribution is 2.47. The molecule has 0 fully saturated rings. The molecule has 2 heterocycles. The smallest absolute Gasteiger partial charge is 0.426 e.